The summed E-state index contributed by atoms with van der Waals surface area (Å²) in [6.45, 7) is 0.669. The highest BCUT2D eigenvalue weighted by Gasteiger charge is 2.41. The van der Waals surface area contributed by atoms with E-state index in [1.54, 1.807) is 6.33 Å². The third-order valence-electron chi connectivity index (χ3n) is 3.38. The first-order valence-corrected chi connectivity index (χ1v) is 7.15. The minimum atomic E-state index is -2.60. The number of nitrogens with two attached hydrogens (primary N) is 1. The highest BCUT2D eigenvalue weighted by atomic mass is 31.1. The van der Waals surface area contributed by atoms with Crippen LogP contribution in [-0.2, 0) is 15.6 Å². The predicted molar refractivity (Wildman–Crippen MR) is 71.5 cm³/mol. The number of nitrogen functional groups attached to an aromatic ring is 1. The molecule has 2 aromatic rings. The van der Waals surface area contributed by atoms with E-state index >= 15 is 0 Å². The van der Waals surface area contributed by atoms with Crippen LogP contribution in [0.3, 0.4) is 0 Å². The van der Waals surface area contributed by atoms with E-state index in [9.17, 15) is 4.57 Å². The lowest BCUT2D eigenvalue weighted by atomic mass is 10.1. The second kappa shape index (κ2) is 4.81. The van der Waals surface area contributed by atoms with E-state index < -0.39 is 8.25 Å². The van der Waals surface area contributed by atoms with Gasteiger partial charge in [0.15, 0.2) is 17.7 Å². The Bertz CT molecular complexity index is 694. The largest absolute Gasteiger partial charge is 0.746 e. The van der Waals surface area contributed by atoms with Gasteiger partial charge in [-0.2, -0.15) is 0 Å². The lowest BCUT2D eigenvalue weighted by Crippen LogP contribution is -2.09. The molecule has 20 heavy (non-hydrogen) atoms. The van der Waals surface area contributed by atoms with Crippen molar-refractivity contribution in [3.63, 3.8) is 0 Å². The Labute approximate surface area is 115 Å². The van der Waals surface area contributed by atoms with Crippen molar-refractivity contribution >= 4 is 25.2 Å². The molecule has 3 rings (SSSR count). The van der Waals surface area contributed by atoms with Crippen LogP contribution in [0.25, 0.3) is 11.2 Å². The predicted octanol–water partition coefficient (Wildman–Crippen LogP) is 1.37. The van der Waals surface area contributed by atoms with Gasteiger partial charge in [-0.3, -0.25) is 0 Å². The maximum atomic E-state index is 10.5. The van der Waals surface area contributed by atoms with Gasteiger partial charge in [-0.15, -0.1) is 4.89 Å². The minimum Gasteiger partial charge on any atom is -0.382 e. The van der Waals surface area contributed by atoms with E-state index in [-0.39, 0.29) is 5.41 Å². The summed E-state index contributed by atoms with van der Waals surface area (Å²) in [7, 11) is -2.60. The summed E-state index contributed by atoms with van der Waals surface area (Å²) >= 11 is 0. The zero-order valence-electron chi connectivity index (χ0n) is 10.5. The summed E-state index contributed by atoms with van der Waals surface area (Å²) in [5.41, 5.74) is 6.94. The molecule has 104 valence electrons. The molecule has 2 heterocycles. The van der Waals surface area contributed by atoms with Crippen molar-refractivity contribution in [2.75, 3.05) is 5.73 Å². The molecule has 1 atom stereocenters. The fourth-order valence-corrected chi connectivity index (χ4v) is 2.28. The molecule has 0 bridgehead atoms. The average Bonchev–Trinajstić information content (AvgIpc) is 3.03. The van der Waals surface area contributed by atoms with E-state index in [4.69, 9.17) is 10.6 Å². The first kappa shape index (κ1) is 13.0. The lowest BCUT2D eigenvalue weighted by Gasteiger charge is -2.10. The van der Waals surface area contributed by atoms with Crippen molar-refractivity contribution in [2.45, 2.75) is 19.4 Å². The Hall–Kier alpha value is -2.05. The molecule has 3 N–H and O–H groups in total. The van der Waals surface area contributed by atoms with Crippen LogP contribution in [-0.4, -0.2) is 24.4 Å². The van der Waals surface area contributed by atoms with Gasteiger partial charge in [-0.1, -0.05) is 0 Å². The molecule has 0 aromatic carbocycles. The van der Waals surface area contributed by atoms with Crippen molar-refractivity contribution in [1.29, 1.82) is 0 Å². The maximum Gasteiger partial charge on any atom is 0.746 e. The quantitative estimate of drug-likeness (QED) is 0.631. The standard InChI is InChI=1S/C11H12N5O3P/c12-9-8-10(14-6-13-9)16(7-15-8)5-11(1-2-11)3-4-19-20(17)18/h3-4,6-7H,1-2,5H2,(H2-,12,13,14,17,18)/p+1/b4-3+. The fourth-order valence-electron chi connectivity index (χ4n) is 2.12. The number of nitrogens with zero attached hydrogens (tertiary/aromatic N) is 4. The molecular weight excluding hydrogens is 281 g/mol. The molecule has 1 aliphatic carbocycles. The fraction of sp³-hybridized carbons (Fsp3) is 0.364. The van der Waals surface area contributed by atoms with Crippen LogP contribution in [0.5, 0.6) is 0 Å². The van der Waals surface area contributed by atoms with E-state index in [2.05, 4.69) is 19.5 Å². The lowest BCUT2D eigenvalue weighted by molar-refractivity contribution is 0.373. The first-order valence-electron chi connectivity index (χ1n) is 6.02. The van der Waals surface area contributed by atoms with Crippen LogP contribution >= 0.6 is 8.25 Å². The Morgan fingerprint density at radius 1 is 1.50 bits per heavy atom. The smallest absolute Gasteiger partial charge is 0.382 e. The third kappa shape index (κ3) is 2.48. The summed E-state index contributed by atoms with van der Waals surface area (Å²) in [6, 6.07) is 0. The number of fused-ring (bicyclic) bond motifs is 1. The van der Waals surface area contributed by atoms with Gasteiger partial charge in [0.25, 0.3) is 0 Å². The first-order chi connectivity index (χ1) is 9.60. The molecule has 0 spiro atoms. The maximum absolute atomic E-state index is 10.5. The van der Waals surface area contributed by atoms with Crippen molar-refractivity contribution in [2.24, 2.45) is 5.41 Å². The Kier molecular flexibility index (Phi) is 3.11. The monoisotopic (exact) mass is 294 g/mol. The molecule has 9 heteroatoms. The van der Waals surface area contributed by atoms with Gasteiger partial charge in [0, 0.05) is 16.5 Å². The third-order valence-corrected chi connectivity index (χ3v) is 3.68. The van der Waals surface area contributed by atoms with Crippen LogP contribution < -0.4 is 5.73 Å². The van der Waals surface area contributed by atoms with Gasteiger partial charge in [-0.05, 0) is 18.9 Å². The number of aromatic nitrogens is 4. The Morgan fingerprint density at radius 2 is 2.30 bits per heavy atom. The SMILES string of the molecule is Nc1ncnc2c1ncn2CC1(/C=C/O[P+](=O)O)CC1. The summed E-state index contributed by atoms with van der Waals surface area (Å²) in [6.07, 6.45) is 8.15. The van der Waals surface area contributed by atoms with Gasteiger partial charge < -0.3 is 10.3 Å². The second-order valence-corrected chi connectivity index (χ2v) is 5.50. The highest BCUT2D eigenvalue weighted by Crippen LogP contribution is 2.49. The van der Waals surface area contributed by atoms with Gasteiger partial charge in [0.1, 0.15) is 11.8 Å². The van der Waals surface area contributed by atoms with E-state index in [0.29, 0.717) is 23.5 Å². The minimum absolute atomic E-state index is 0.0707. The molecule has 0 saturated heterocycles. The number of imidazole rings is 1. The summed E-state index contributed by atoms with van der Waals surface area (Å²) in [5, 5.41) is 0. The van der Waals surface area contributed by atoms with Crippen molar-refractivity contribution in [1.82, 2.24) is 19.5 Å². The Balaban J connectivity index is 1.81. The molecule has 8 nitrogen and oxygen atoms in total. The molecule has 0 aliphatic heterocycles. The molecule has 1 unspecified atom stereocenters. The molecule has 0 radical (unpaired) electrons. The van der Waals surface area contributed by atoms with Crippen molar-refractivity contribution in [3.8, 4) is 0 Å². The van der Waals surface area contributed by atoms with Gasteiger partial charge >= 0.3 is 8.25 Å². The van der Waals surface area contributed by atoms with Crippen molar-refractivity contribution < 1.29 is 14.0 Å². The number of hydrogen-bond donors (Lipinski definition) is 2. The molecule has 2 aromatic heterocycles. The van der Waals surface area contributed by atoms with Crippen LogP contribution in [0, 0.1) is 5.41 Å². The van der Waals surface area contributed by atoms with Crippen molar-refractivity contribution in [3.05, 3.63) is 25.0 Å². The molecule has 1 aliphatic rings. The topological polar surface area (TPSA) is 116 Å². The Morgan fingerprint density at radius 3 is 3.00 bits per heavy atom. The van der Waals surface area contributed by atoms with E-state index in [1.807, 2.05) is 10.6 Å². The van der Waals surface area contributed by atoms with Gasteiger partial charge in [0.2, 0.25) is 0 Å². The van der Waals surface area contributed by atoms with Gasteiger partial charge in [-0.25, -0.2) is 19.5 Å². The summed E-state index contributed by atoms with van der Waals surface area (Å²) in [5.74, 6) is 0.356. The van der Waals surface area contributed by atoms with Crippen LogP contribution in [0.2, 0.25) is 0 Å². The van der Waals surface area contributed by atoms with Gasteiger partial charge in [0.05, 0.1) is 6.33 Å². The average molecular weight is 294 g/mol. The molecule has 0 amide bonds. The zero-order valence-corrected chi connectivity index (χ0v) is 11.4. The molecular formula is C11H13N5O3P+. The normalized spacial score (nSPS) is 17.6. The highest BCUT2D eigenvalue weighted by molar-refractivity contribution is 7.32. The number of hydrogen-bond acceptors (Lipinski definition) is 6. The summed E-state index contributed by atoms with van der Waals surface area (Å²) in [4.78, 5) is 20.9. The number of anilines is 1. The number of allylic oxidation sites excluding steroid dienone is 1. The van der Waals surface area contributed by atoms with E-state index in [0.717, 1.165) is 12.8 Å². The van der Waals surface area contributed by atoms with Crippen LogP contribution in [0.4, 0.5) is 5.82 Å². The summed E-state index contributed by atoms with van der Waals surface area (Å²) < 4.78 is 16.9. The molecule has 1 saturated carbocycles. The zero-order chi connectivity index (χ0) is 14.2. The van der Waals surface area contributed by atoms with E-state index in [1.165, 1.54) is 12.6 Å². The second-order valence-electron chi connectivity index (χ2n) is 4.81. The van der Waals surface area contributed by atoms with Crippen LogP contribution in [0.1, 0.15) is 12.8 Å². The number of rotatable bonds is 5. The molecule has 1 fully saturated rings. The van der Waals surface area contributed by atoms with Crippen LogP contribution in [0.15, 0.2) is 25.0 Å².